The molecule has 0 spiro atoms. The number of carbonyl (C=O) groups is 1. The van der Waals surface area contributed by atoms with Crippen molar-refractivity contribution in [2.45, 2.75) is 25.6 Å². The molecule has 0 unspecified atom stereocenters. The van der Waals surface area contributed by atoms with Crippen LogP contribution in [0.15, 0.2) is 53.1 Å². The van der Waals surface area contributed by atoms with E-state index in [1.54, 1.807) is 18.1 Å². The molecule has 0 saturated carbocycles. The van der Waals surface area contributed by atoms with E-state index in [1.165, 1.54) is 12.1 Å². The Morgan fingerprint density at radius 3 is 2.50 bits per heavy atom. The van der Waals surface area contributed by atoms with Gasteiger partial charge in [0.15, 0.2) is 0 Å². The Morgan fingerprint density at radius 1 is 1.09 bits per heavy atom. The van der Waals surface area contributed by atoms with Gasteiger partial charge in [0, 0.05) is 51.1 Å². The van der Waals surface area contributed by atoms with Gasteiger partial charge in [-0.2, -0.15) is 18.2 Å². The lowest BCUT2D eigenvalue weighted by Gasteiger charge is -2.34. The number of amides is 1. The molecule has 10 heteroatoms. The van der Waals surface area contributed by atoms with Crippen LogP contribution in [0.2, 0.25) is 0 Å². The first-order valence-electron chi connectivity index (χ1n) is 10.9. The van der Waals surface area contributed by atoms with E-state index >= 15 is 0 Å². The van der Waals surface area contributed by atoms with Crippen molar-refractivity contribution in [3.63, 3.8) is 0 Å². The van der Waals surface area contributed by atoms with E-state index in [0.29, 0.717) is 56.4 Å². The highest BCUT2D eigenvalue weighted by molar-refractivity contribution is 5.76. The van der Waals surface area contributed by atoms with Crippen molar-refractivity contribution < 1.29 is 27.2 Å². The van der Waals surface area contributed by atoms with Gasteiger partial charge in [-0.15, -0.1) is 0 Å². The number of hydrogen-bond acceptors (Lipinski definition) is 6. The Labute approximate surface area is 195 Å². The summed E-state index contributed by atoms with van der Waals surface area (Å²) >= 11 is 0. The van der Waals surface area contributed by atoms with Crippen molar-refractivity contribution in [2.24, 2.45) is 0 Å². The summed E-state index contributed by atoms with van der Waals surface area (Å²) in [6.07, 6.45) is -3.76. The second kappa shape index (κ2) is 10.3. The third kappa shape index (κ3) is 5.93. The molecule has 1 aromatic heterocycles. The quantitative estimate of drug-likeness (QED) is 0.515. The lowest BCUT2D eigenvalue weighted by atomic mass is 10.1. The standard InChI is InChI=1S/C24H25F3N4O3/c1-33-20-7-5-18(6-8-20)23-28-21(34-29-23)9-10-22(32)31-13-11-30(12-14-31)16-17-3-2-4-19(15-17)24(25,26)27/h2-8,15H,9-14,16H2,1H3. The van der Waals surface area contributed by atoms with E-state index in [0.717, 1.165) is 17.4 Å². The molecule has 7 nitrogen and oxygen atoms in total. The number of piperazine rings is 1. The van der Waals surface area contributed by atoms with Gasteiger partial charge >= 0.3 is 6.18 Å². The van der Waals surface area contributed by atoms with Gasteiger partial charge < -0.3 is 14.2 Å². The number of carbonyl (C=O) groups excluding carboxylic acids is 1. The SMILES string of the molecule is COc1ccc(-c2noc(CCC(=O)N3CCN(Cc4cccc(C(F)(F)F)c4)CC3)n2)cc1. The zero-order chi connectivity index (χ0) is 24.1. The minimum Gasteiger partial charge on any atom is -0.497 e. The Kier molecular flexibility index (Phi) is 7.16. The van der Waals surface area contributed by atoms with Crippen LogP contribution in [0.1, 0.15) is 23.4 Å². The second-order valence-electron chi connectivity index (χ2n) is 8.10. The number of methoxy groups -OCH3 is 1. The highest BCUT2D eigenvalue weighted by Gasteiger charge is 2.30. The van der Waals surface area contributed by atoms with Crippen LogP contribution >= 0.6 is 0 Å². The summed E-state index contributed by atoms with van der Waals surface area (Å²) in [5, 5.41) is 3.97. The van der Waals surface area contributed by atoms with Crippen LogP contribution < -0.4 is 4.74 Å². The molecular weight excluding hydrogens is 449 g/mol. The maximum atomic E-state index is 12.9. The van der Waals surface area contributed by atoms with Crippen molar-refractivity contribution in [3.05, 3.63) is 65.5 Å². The van der Waals surface area contributed by atoms with Gasteiger partial charge in [0.1, 0.15) is 5.75 Å². The topological polar surface area (TPSA) is 71.7 Å². The van der Waals surface area contributed by atoms with Crippen molar-refractivity contribution in [2.75, 3.05) is 33.3 Å². The van der Waals surface area contributed by atoms with Crippen molar-refractivity contribution in [1.82, 2.24) is 19.9 Å². The second-order valence-corrected chi connectivity index (χ2v) is 8.10. The molecule has 0 aliphatic carbocycles. The molecule has 2 heterocycles. The summed E-state index contributed by atoms with van der Waals surface area (Å²) in [6, 6.07) is 12.6. The highest BCUT2D eigenvalue weighted by atomic mass is 19.4. The van der Waals surface area contributed by atoms with Gasteiger partial charge in [-0.1, -0.05) is 23.4 Å². The van der Waals surface area contributed by atoms with Crippen LogP contribution in [0.3, 0.4) is 0 Å². The van der Waals surface area contributed by atoms with Crippen LogP contribution in [0.4, 0.5) is 13.2 Å². The molecule has 0 N–H and O–H groups in total. The average molecular weight is 474 g/mol. The normalized spacial score (nSPS) is 14.9. The van der Waals surface area contributed by atoms with Crippen LogP contribution in [-0.4, -0.2) is 59.1 Å². The monoisotopic (exact) mass is 474 g/mol. The number of aromatic nitrogens is 2. The molecule has 0 bridgehead atoms. The van der Waals surface area contributed by atoms with Gasteiger partial charge in [-0.25, -0.2) is 0 Å². The summed E-state index contributed by atoms with van der Waals surface area (Å²) in [5.41, 5.74) is 0.757. The lowest BCUT2D eigenvalue weighted by Crippen LogP contribution is -2.48. The Balaban J connectivity index is 1.24. The number of aryl methyl sites for hydroxylation is 1. The van der Waals surface area contributed by atoms with Crippen LogP contribution in [-0.2, 0) is 23.9 Å². The number of nitrogens with zero attached hydrogens (tertiary/aromatic N) is 4. The summed E-state index contributed by atoms with van der Waals surface area (Å²) in [6.45, 7) is 2.67. The molecule has 180 valence electrons. The summed E-state index contributed by atoms with van der Waals surface area (Å²) in [5.74, 6) is 1.56. The predicted octanol–water partition coefficient (Wildman–Crippen LogP) is 4.04. The maximum absolute atomic E-state index is 12.9. The van der Waals surface area contributed by atoms with E-state index < -0.39 is 11.7 Å². The van der Waals surface area contributed by atoms with Gasteiger partial charge in [-0.3, -0.25) is 9.69 Å². The van der Waals surface area contributed by atoms with E-state index in [9.17, 15) is 18.0 Å². The van der Waals surface area contributed by atoms with Crippen LogP contribution in [0.5, 0.6) is 5.75 Å². The summed E-state index contributed by atoms with van der Waals surface area (Å²) in [7, 11) is 1.59. The Hall–Kier alpha value is -3.40. The molecule has 0 atom stereocenters. The van der Waals surface area contributed by atoms with Gasteiger partial charge in [0.05, 0.1) is 12.7 Å². The van der Waals surface area contributed by atoms with Gasteiger partial charge in [0.2, 0.25) is 17.6 Å². The zero-order valence-electron chi connectivity index (χ0n) is 18.7. The lowest BCUT2D eigenvalue weighted by molar-refractivity contribution is -0.137. The molecule has 1 aliphatic rings. The molecule has 0 radical (unpaired) electrons. The first kappa shape index (κ1) is 23.7. The Morgan fingerprint density at radius 2 is 1.82 bits per heavy atom. The summed E-state index contributed by atoms with van der Waals surface area (Å²) < 4.78 is 49.2. The fourth-order valence-corrected chi connectivity index (χ4v) is 3.85. The fraction of sp³-hybridized carbons (Fsp3) is 0.375. The average Bonchev–Trinajstić information content (AvgIpc) is 3.32. The summed E-state index contributed by atoms with van der Waals surface area (Å²) in [4.78, 5) is 20.8. The first-order valence-corrected chi connectivity index (χ1v) is 10.9. The smallest absolute Gasteiger partial charge is 0.416 e. The minimum absolute atomic E-state index is 0.0112. The van der Waals surface area contributed by atoms with Crippen LogP contribution in [0.25, 0.3) is 11.4 Å². The Bertz CT molecular complexity index is 1110. The van der Waals surface area contributed by atoms with Crippen LogP contribution in [0, 0.1) is 0 Å². The number of benzene rings is 2. The van der Waals surface area contributed by atoms with E-state index in [-0.39, 0.29) is 12.3 Å². The molecule has 34 heavy (non-hydrogen) atoms. The van der Waals surface area contributed by atoms with E-state index in [4.69, 9.17) is 9.26 Å². The number of rotatable bonds is 7. The number of hydrogen-bond donors (Lipinski definition) is 0. The fourth-order valence-electron chi connectivity index (χ4n) is 3.85. The molecule has 3 aromatic rings. The third-order valence-corrected chi connectivity index (χ3v) is 5.75. The molecular formula is C24H25F3N4O3. The molecule has 2 aromatic carbocycles. The van der Waals surface area contributed by atoms with Crippen molar-refractivity contribution in [3.8, 4) is 17.1 Å². The third-order valence-electron chi connectivity index (χ3n) is 5.75. The van der Waals surface area contributed by atoms with Crippen molar-refractivity contribution in [1.29, 1.82) is 0 Å². The molecule has 1 amide bonds. The zero-order valence-corrected chi connectivity index (χ0v) is 18.7. The largest absolute Gasteiger partial charge is 0.497 e. The van der Waals surface area contributed by atoms with E-state index in [2.05, 4.69) is 15.0 Å². The molecule has 1 fully saturated rings. The predicted molar refractivity (Wildman–Crippen MR) is 118 cm³/mol. The van der Waals surface area contributed by atoms with Crippen molar-refractivity contribution >= 4 is 5.91 Å². The number of ether oxygens (including phenoxy) is 1. The molecule has 1 aliphatic heterocycles. The number of halogens is 3. The molecule has 1 saturated heterocycles. The molecule has 4 rings (SSSR count). The van der Waals surface area contributed by atoms with Gasteiger partial charge in [-0.05, 0) is 35.9 Å². The number of alkyl halides is 3. The van der Waals surface area contributed by atoms with E-state index in [1.807, 2.05) is 24.3 Å². The minimum atomic E-state index is -4.35. The highest BCUT2D eigenvalue weighted by Crippen LogP contribution is 2.30. The maximum Gasteiger partial charge on any atom is 0.416 e. The first-order chi connectivity index (χ1) is 16.3. The van der Waals surface area contributed by atoms with Gasteiger partial charge in [0.25, 0.3) is 0 Å².